The number of carbonyl (C=O) groups excluding carboxylic acids is 2. The molecule has 3 aliphatic heterocycles. The van der Waals surface area contributed by atoms with E-state index in [0.717, 1.165) is 18.4 Å². The van der Waals surface area contributed by atoms with Gasteiger partial charge >= 0.3 is 6.16 Å². The third kappa shape index (κ3) is 3.20. The summed E-state index contributed by atoms with van der Waals surface area (Å²) >= 11 is 1.57. The van der Waals surface area contributed by atoms with Crippen LogP contribution in [0.25, 0.3) is 0 Å². The lowest BCUT2D eigenvalue weighted by Gasteiger charge is -2.48. The molecule has 7 nitrogen and oxygen atoms in total. The van der Waals surface area contributed by atoms with Crippen molar-refractivity contribution in [2.45, 2.75) is 56.7 Å². The molecule has 2 saturated heterocycles. The highest BCUT2D eigenvalue weighted by atomic mass is 32.2. The average molecular weight is 342 g/mol. The maximum atomic E-state index is 12.1. The number of ether oxygens (including phenoxy) is 3. The van der Waals surface area contributed by atoms with Crippen molar-refractivity contribution in [3.63, 3.8) is 0 Å². The Bertz CT molecular complexity index is 551. The summed E-state index contributed by atoms with van der Waals surface area (Å²) in [5, 5.41) is -0.190. The summed E-state index contributed by atoms with van der Waals surface area (Å²) in [6.07, 6.45) is 0.873. The first-order valence-electron chi connectivity index (χ1n) is 7.73. The molecule has 23 heavy (non-hydrogen) atoms. The van der Waals surface area contributed by atoms with Gasteiger partial charge in [0, 0.05) is 17.9 Å². The van der Waals surface area contributed by atoms with Crippen LogP contribution in [-0.2, 0) is 19.0 Å². The van der Waals surface area contributed by atoms with Crippen LogP contribution >= 0.6 is 11.8 Å². The molecular formula is C15H22N2O5S. The number of hydrogen-bond acceptors (Lipinski definition) is 7. The molecule has 0 saturated carbocycles. The van der Waals surface area contributed by atoms with Crippen LogP contribution < -0.4 is 5.73 Å². The Hall–Kier alpha value is -1.25. The van der Waals surface area contributed by atoms with Crippen molar-refractivity contribution in [2.75, 3.05) is 12.4 Å². The molecule has 3 heterocycles. The van der Waals surface area contributed by atoms with Crippen LogP contribution in [0, 0.1) is 0 Å². The molecule has 0 aromatic heterocycles. The Kier molecular flexibility index (Phi) is 4.33. The number of hydrogen-bond donors (Lipinski definition) is 1. The number of β-lactam (4-membered cyclic amide) rings is 1. The van der Waals surface area contributed by atoms with E-state index in [1.54, 1.807) is 32.5 Å². The Morgan fingerprint density at radius 3 is 2.78 bits per heavy atom. The van der Waals surface area contributed by atoms with Crippen LogP contribution in [0.15, 0.2) is 11.5 Å². The Labute approximate surface area is 139 Å². The van der Waals surface area contributed by atoms with E-state index in [2.05, 4.69) is 0 Å². The van der Waals surface area contributed by atoms with Crippen molar-refractivity contribution in [3.8, 4) is 0 Å². The maximum absolute atomic E-state index is 12.1. The Morgan fingerprint density at radius 2 is 2.17 bits per heavy atom. The summed E-state index contributed by atoms with van der Waals surface area (Å²) in [7, 11) is 0. The van der Waals surface area contributed by atoms with Crippen molar-refractivity contribution in [3.05, 3.63) is 11.5 Å². The number of rotatable bonds is 2. The molecule has 3 aliphatic rings. The van der Waals surface area contributed by atoms with E-state index in [1.807, 2.05) is 0 Å². The van der Waals surface area contributed by atoms with E-state index in [1.165, 1.54) is 4.90 Å². The summed E-state index contributed by atoms with van der Waals surface area (Å²) in [6.45, 7) is 5.95. The van der Waals surface area contributed by atoms with Gasteiger partial charge in [-0.2, -0.15) is 0 Å². The SMILES string of the molecule is CC(C)(C)OC(=O)OC1=C(C2CCCO2)CS[C@@H]2[C@H](N)C(=O)N12. The topological polar surface area (TPSA) is 91.1 Å². The molecule has 128 valence electrons. The molecule has 1 unspecified atom stereocenters. The van der Waals surface area contributed by atoms with Crippen LogP contribution in [0.5, 0.6) is 0 Å². The maximum Gasteiger partial charge on any atom is 0.515 e. The zero-order chi connectivity index (χ0) is 16.8. The number of amides is 1. The summed E-state index contributed by atoms with van der Waals surface area (Å²) < 4.78 is 16.3. The van der Waals surface area contributed by atoms with Crippen LogP contribution in [0.2, 0.25) is 0 Å². The van der Waals surface area contributed by atoms with Crippen molar-refractivity contribution in [2.24, 2.45) is 5.73 Å². The van der Waals surface area contributed by atoms with Crippen LogP contribution in [-0.4, -0.2) is 52.4 Å². The van der Waals surface area contributed by atoms with Crippen molar-refractivity contribution in [1.29, 1.82) is 0 Å². The molecular weight excluding hydrogens is 320 g/mol. The molecule has 0 aromatic carbocycles. The highest BCUT2D eigenvalue weighted by Crippen LogP contribution is 2.42. The van der Waals surface area contributed by atoms with Gasteiger partial charge in [-0.05, 0) is 33.6 Å². The van der Waals surface area contributed by atoms with Gasteiger partial charge in [-0.15, -0.1) is 11.8 Å². The molecule has 0 radical (unpaired) electrons. The summed E-state index contributed by atoms with van der Waals surface area (Å²) in [6, 6.07) is -0.553. The molecule has 3 atom stereocenters. The minimum atomic E-state index is -0.818. The van der Waals surface area contributed by atoms with E-state index in [-0.39, 0.29) is 23.3 Å². The van der Waals surface area contributed by atoms with Gasteiger partial charge in [0.05, 0.1) is 6.10 Å². The predicted octanol–water partition coefficient (Wildman–Crippen LogP) is 1.57. The monoisotopic (exact) mass is 342 g/mol. The second-order valence-electron chi connectivity index (χ2n) is 6.83. The normalized spacial score (nSPS) is 30.9. The van der Waals surface area contributed by atoms with Gasteiger partial charge in [-0.1, -0.05) is 0 Å². The van der Waals surface area contributed by atoms with Crippen molar-refractivity contribution >= 4 is 23.8 Å². The fourth-order valence-corrected chi connectivity index (χ4v) is 4.15. The van der Waals surface area contributed by atoms with Gasteiger partial charge in [-0.25, -0.2) is 4.79 Å². The van der Waals surface area contributed by atoms with Crippen molar-refractivity contribution < 1.29 is 23.8 Å². The van der Waals surface area contributed by atoms with E-state index in [4.69, 9.17) is 19.9 Å². The average Bonchev–Trinajstić information content (AvgIpc) is 2.97. The molecule has 3 rings (SSSR count). The molecule has 2 N–H and O–H groups in total. The van der Waals surface area contributed by atoms with Crippen LogP contribution in [0.4, 0.5) is 4.79 Å². The van der Waals surface area contributed by atoms with Crippen LogP contribution in [0.3, 0.4) is 0 Å². The minimum absolute atomic E-state index is 0.120. The lowest BCUT2D eigenvalue weighted by molar-refractivity contribution is -0.145. The van der Waals surface area contributed by atoms with Crippen molar-refractivity contribution in [1.82, 2.24) is 4.90 Å². The number of carbonyl (C=O) groups is 2. The zero-order valence-electron chi connectivity index (χ0n) is 13.5. The van der Waals surface area contributed by atoms with Gasteiger partial charge in [0.1, 0.15) is 17.0 Å². The highest BCUT2D eigenvalue weighted by molar-refractivity contribution is 8.00. The molecule has 0 bridgehead atoms. The van der Waals surface area contributed by atoms with Gasteiger partial charge in [0.25, 0.3) is 0 Å². The second-order valence-corrected chi connectivity index (χ2v) is 7.94. The summed E-state index contributed by atoms with van der Waals surface area (Å²) in [5.41, 5.74) is 5.99. The molecule has 0 aromatic rings. The Balaban J connectivity index is 1.85. The number of nitrogens with two attached hydrogens (primary N) is 1. The van der Waals surface area contributed by atoms with Gasteiger partial charge in [-0.3, -0.25) is 9.69 Å². The summed E-state index contributed by atoms with van der Waals surface area (Å²) in [5.74, 6) is 0.642. The number of fused-ring (bicyclic) bond motifs is 1. The Morgan fingerprint density at radius 1 is 1.43 bits per heavy atom. The van der Waals surface area contributed by atoms with E-state index < -0.39 is 17.8 Å². The molecule has 0 spiro atoms. The lowest BCUT2D eigenvalue weighted by Crippen LogP contribution is -2.68. The first-order chi connectivity index (χ1) is 10.8. The first kappa shape index (κ1) is 16.6. The molecule has 8 heteroatoms. The standard InChI is InChI=1S/C15H22N2O5S/c1-15(2,3)22-14(19)21-12-8(9-5-4-6-20-9)7-23-13-10(16)11(18)17(12)13/h9-10,13H,4-7,16H2,1-3H3/t9?,10-,13-/m1/s1. The molecule has 0 aliphatic carbocycles. The van der Waals surface area contributed by atoms with Gasteiger partial charge < -0.3 is 19.9 Å². The van der Waals surface area contributed by atoms with Crippen LogP contribution in [0.1, 0.15) is 33.6 Å². The zero-order valence-corrected chi connectivity index (χ0v) is 14.4. The largest absolute Gasteiger partial charge is 0.515 e. The number of thioether (sulfide) groups is 1. The predicted molar refractivity (Wildman–Crippen MR) is 84.4 cm³/mol. The van der Waals surface area contributed by atoms with E-state index in [0.29, 0.717) is 12.4 Å². The molecule has 2 fully saturated rings. The first-order valence-corrected chi connectivity index (χ1v) is 8.78. The van der Waals surface area contributed by atoms with Gasteiger partial charge in [0.2, 0.25) is 11.8 Å². The third-order valence-corrected chi connectivity index (χ3v) is 5.20. The lowest BCUT2D eigenvalue weighted by atomic mass is 10.0. The van der Waals surface area contributed by atoms with Gasteiger partial charge in [0.15, 0.2) is 0 Å². The fraction of sp³-hybridized carbons (Fsp3) is 0.733. The second kappa shape index (κ2) is 5.99. The van der Waals surface area contributed by atoms with E-state index in [9.17, 15) is 9.59 Å². The third-order valence-electron chi connectivity index (χ3n) is 3.88. The smallest absolute Gasteiger partial charge is 0.428 e. The summed E-state index contributed by atoms with van der Waals surface area (Å²) in [4.78, 5) is 25.6. The fourth-order valence-electron chi connectivity index (χ4n) is 2.82. The number of nitrogens with zero attached hydrogens (tertiary/aromatic N) is 1. The quantitative estimate of drug-likeness (QED) is 0.601. The minimum Gasteiger partial charge on any atom is -0.428 e. The van der Waals surface area contributed by atoms with E-state index >= 15 is 0 Å². The molecule has 1 amide bonds. The highest BCUT2D eigenvalue weighted by Gasteiger charge is 2.52.